The van der Waals surface area contributed by atoms with Gasteiger partial charge in [0.2, 0.25) is 0 Å². The lowest BCUT2D eigenvalue weighted by molar-refractivity contribution is 0.469. The van der Waals surface area contributed by atoms with Gasteiger partial charge in [-0.2, -0.15) is 0 Å². The molecule has 0 aliphatic heterocycles. The molecule has 1 aliphatic carbocycles. The zero-order valence-corrected chi connectivity index (χ0v) is 52.5. The van der Waals surface area contributed by atoms with Gasteiger partial charge in [0.15, 0.2) is 0 Å². The van der Waals surface area contributed by atoms with E-state index in [1.165, 1.54) is 27.8 Å². The van der Waals surface area contributed by atoms with Crippen molar-refractivity contribution in [2.75, 3.05) is 0 Å². The van der Waals surface area contributed by atoms with Crippen molar-refractivity contribution >= 4 is 0 Å². The molecule has 8 aromatic rings. The number of aryl methyl sites for hydroxylation is 1. The van der Waals surface area contributed by atoms with Gasteiger partial charge in [-0.15, -0.1) is 0 Å². The second kappa shape index (κ2) is 60.3. The van der Waals surface area contributed by atoms with Crippen LogP contribution >= 0.6 is 0 Å². The van der Waals surface area contributed by atoms with Gasteiger partial charge in [0.05, 0.1) is 0 Å². The van der Waals surface area contributed by atoms with Crippen LogP contribution in [0.5, 0.6) is 0 Å². The Bertz CT molecular complexity index is 1710. The SMILES string of the molecule is CC.CC.CC.CC.CC.CC(C)(C)C.CC(C)(C)C.CC(C)(C)C.Cc1ccccc1.c1ccc2c(c1)Cc1ccccc1-2.c1ccccc1.c1ccccc1.c1ccccc1.c1ccccc1.c1ccccc1. The lowest BCUT2D eigenvalue weighted by Crippen LogP contribution is -1.93. The molecule has 75 heavy (non-hydrogen) atoms. The quantitative estimate of drug-likeness (QED) is 0.142. The number of benzene rings is 8. The highest BCUT2D eigenvalue weighted by Crippen LogP contribution is 2.35. The van der Waals surface area contributed by atoms with E-state index in [0.29, 0.717) is 16.2 Å². The van der Waals surface area contributed by atoms with Crippen molar-refractivity contribution < 1.29 is 0 Å². The van der Waals surface area contributed by atoms with Crippen molar-refractivity contribution in [2.45, 2.75) is 166 Å². The summed E-state index contributed by atoms with van der Waals surface area (Å²) in [6.07, 6.45) is 1.10. The molecule has 0 N–H and O–H groups in total. The maximum Gasteiger partial charge on any atom is -0.00135 e. The largest absolute Gasteiger partial charge is 0.0683 e. The first-order chi connectivity index (χ1) is 35.8. The third-order valence-corrected chi connectivity index (χ3v) is 6.98. The minimum atomic E-state index is 0.500. The Hall–Kier alpha value is -6.24. The van der Waals surface area contributed by atoms with Crippen LogP contribution in [-0.4, -0.2) is 0 Å². The zero-order valence-electron chi connectivity index (χ0n) is 52.5. The molecule has 0 aromatic heterocycles. The zero-order chi connectivity index (χ0) is 58.5. The summed E-state index contributed by atoms with van der Waals surface area (Å²) in [4.78, 5) is 0. The molecule has 8 aromatic carbocycles. The summed E-state index contributed by atoms with van der Waals surface area (Å²) in [5, 5.41) is 0. The number of hydrogen-bond acceptors (Lipinski definition) is 0. The molecular formula is C75H114. The van der Waals surface area contributed by atoms with Gasteiger partial charge >= 0.3 is 0 Å². The molecule has 0 radical (unpaired) electrons. The molecule has 1 aliphatic rings. The Morgan fingerprint density at radius 2 is 0.320 bits per heavy atom. The topological polar surface area (TPSA) is 0 Å². The number of rotatable bonds is 0. The first-order valence-corrected chi connectivity index (χ1v) is 28.0. The molecule has 0 amide bonds. The second-order valence-corrected chi connectivity index (χ2v) is 19.9. The van der Waals surface area contributed by atoms with Crippen LogP contribution in [0, 0.1) is 23.2 Å². The van der Waals surface area contributed by atoms with Crippen molar-refractivity contribution in [3.05, 3.63) is 278 Å². The lowest BCUT2D eigenvalue weighted by atomic mass is 10.0. The molecule has 0 nitrogen and oxygen atoms in total. The third kappa shape index (κ3) is 76.8. The third-order valence-electron chi connectivity index (χ3n) is 6.98. The van der Waals surface area contributed by atoms with Gasteiger partial charge in [0.1, 0.15) is 0 Å². The summed E-state index contributed by atoms with van der Waals surface area (Å²) in [6, 6.07) is 87.6. The van der Waals surface area contributed by atoms with Crippen LogP contribution in [0.2, 0.25) is 0 Å². The maximum absolute atomic E-state index is 2.22. The summed E-state index contributed by atoms with van der Waals surface area (Å²) in [5.74, 6) is 0. The fourth-order valence-corrected chi connectivity index (χ4v) is 4.54. The monoisotopic (exact) mass is 1010 g/mol. The highest BCUT2D eigenvalue weighted by atomic mass is 14.2. The van der Waals surface area contributed by atoms with Crippen molar-refractivity contribution in [2.24, 2.45) is 16.2 Å². The maximum atomic E-state index is 2.22. The van der Waals surface area contributed by atoms with Crippen LogP contribution in [0.25, 0.3) is 11.1 Å². The van der Waals surface area contributed by atoms with Crippen molar-refractivity contribution in [3.63, 3.8) is 0 Å². The van der Waals surface area contributed by atoms with E-state index in [1.807, 2.05) is 269 Å². The predicted molar refractivity (Wildman–Crippen MR) is 350 cm³/mol. The minimum Gasteiger partial charge on any atom is -0.0683 e. The van der Waals surface area contributed by atoms with E-state index in [0.717, 1.165) is 6.42 Å². The van der Waals surface area contributed by atoms with E-state index < -0.39 is 0 Å². The summed E-state index contributed by atoms with van der Waals surface area (Å²) in [7, 11) is 0. The normalized spacial score (nSPS) is 8.95. The van der Waals surface area contributed by atoms with Gasteiger partial charge in [0.25, 0.3) is 0 Å². The van der Waals surface area contributed by atoms with Crippen molar-refractivity contribution in [1.29, 1.82) is 0 Å². The standard InChI is InChI=1S/C13H10.C7H8.5C6H6.3C5H12.5C2H6/c1-3-7-12-10(5-1)9-11-6-2-4-8-13(11)12;1-7-5-3-2-4-6-7;5*1-2-4-6-5-3-1;3*1-5(2,3)4;5*1-2/h1-8H,9H2;2-6H,1H3;5*1-6H;3*1-4H3;5*1-2H3. The predicted octanol–water partition coefficient (Wildman–Crippen LogP) is 25.0. The summed E-state index contributed by atoms with van der Waals surface area (Å²) in [5.41, 5.74) is 8.58. The molecule has 0 heterocycles. The second-order valence-electron chi connectivity index (χ2n) is 19.9. The van der Waals surface area contributed by atoms with Gasteiger partial charge in [0, 0.05) is 0 Å². The highest BCUT2D eigenvalue weighted by molar-refractivity contribution is 5.76. The molecule has 0 heteroatoms. The Morgan fingerprint density at radius 1 is 0.200 bits per heavy atom. The Balaban J connectivity index is -0.000000176. The molecule has 0 fully saturated rings. The van der Waals surface area contributed by atoms with Gasteiger partial charge in [-0.25, -0.2) is 0 Å². The van der Waals surface area contributed by atoms with Crippen LogP contribution < -0.4 is 0 Å². The van der Waals surface area contributed by atoms with Crippen molar-refractivity contribution in [1.82, 2.24) is 0 Å². The Kier molecular flexibility index (Phi) is 64.5. The van der Waals surface area contributed by atoms with Gasteiger partial charge in [-0.3, -0.25) is 0 Å². The molecule has 0 spiro atoms. The molecule has 0 saturated heterocycles. The average Bonchev–Trinajstić information content (AvgIpc) is 3.83. The van der Waals surface area contributed by atoms with Crippen LogP contribution in [0.15, 0.2) is 261 Å². The van der Waals surface area contributed by atoms with Crippen LogP contribution in [0.3, 0.4) is 0 Å². The fourth-order valence-electron chi connectivity index (χ4n) is 4.54. The molecule has 414 valence electrons. The van der Waals surface area contributed by atoms with Crippen molar-refractivity contribution in [3.8, 4) is 11.1 Å². The molecular weight excluding hydrogens is 901 g/mol. The van der Waals surface area contributed by atoms with Crippen LogP contribution in [0.4, 0.5) is 0 Å². The highest BCUT2D eigenvalue weighted by Gasteiger charge is 2.15. The molecule has 0 bridgehead atoms. The van der Waals surface area contributed by atoms with E-state index in [1.54, 1.807) is 0 Å². The molecule has 0 atom stereocenters. The first-order valence-electron chi connectivity index (χ1n) is 28.0. The van der Waals surface area contributed by atoms with Gasteiger partial charge < -0.3 is 0 Å². The first kappa shape index (κ1) is 80.2. The average molecular weight is 1020 g/mol. The summed E-state index contributed by atoms with van der Waals surface area (Å²) >= 11 is 0. The molecule has 0 unspecified atom stereocenters. The molecule has 9 rings (SSSR count). The number of hydrogen-bond donors (Lipinski definition) is 0. The summed E-state index contributed by atoms with van der Waals surface area (Å²) < 4.78 is 0. The fraction of sp³-hybridized carbons (Fsp3) is 0.360. The Labute approximate surface area is 468 Å². The minimum absolute atomic E-state index is 0.500. The van der Waals surface area contributed by atoms with Gasteiger partial charge in [-0.05, 0) is 51.8 Å². The van der Waals surface area contributed by atoms with E-state index in [-0.39, 0.29) is 0 Å². The summed E-state index contributed by atoms with van der Waals surface area (Å²) in [6.45, 7) is 48.3. The number of fused-ring (bicyclic) bond motifs is 3. The lowest BCUT2D eigenvalue weighted by Gasteiger charge is -2.05. The van der Waals surface area contributed by atoms with Gasteiger partial charge in [-0.1, -0.05) is 419 Å². The molecule has 0 saturated carbocycles. The van der Waals surface area contributed by atoms with Crippen LogP contribution in [-0.2, 0) is 6.42 Å². The van der Waals surface area contributed by atoms with Crippen LogP contribution in [0.1, 0.15) is 169 Å². The van der Waals surface area contributed by atoms with E-state index >= 15 is 0 Å². The van der Waals surface area contributed by atoms with E-state index in [9.17, 15) is 0 Å². The Morgan fingerprint density at radius 3 is 0.453 bits per heavy atom. The van der Waals surface area contributed by atoms with E-state index in [2.05, 4.69) is 151 Å². The smallest absolute Gasteiger partial charge is 0.00135 e. The van der Waals surface area contributed by atoms with E-state index in [4.69, 9.17) is 0 Å².